The molecule has 0 bridgehead atoms. The Morgan fingerprint density at radius 3 is 2.26 bits per heavy atom. The Bertz CT molecular complexity index is 748. The molecule has 1 unspecified atom stereocenters. The summed E-state index contributed by atoms with van der Waals surface area (Å²) in [7, 11) is 0. The highest BCUT2D eigenvalue weighted by Crippen LogP contribution is 2.51. The van der Waals surface area contributed by atoms with Gasteiger partial charge in [0.25, 0.3) is 0 Å². The second-order valence-electron chi connectivity index (χ2n) is 7.51. The van der Waals surface area contributed by atoms with Crippen molar-refractivity contribution in [3.63, 3.8) is 0 Å². The summed E-state index contributed by atoms with van der Waals surface area (Å²) in [6.45, 7) is 10.4. The van der Waals surface area contributed by atoms with E-state index < -0.39 is 0 Å². The van der Waals surface area contributed by atoms with E-state index in [1.165, 1.54) is 11.1 Å². The third kappa shape index (κ3) is 2.37. The second-order valence-corrected chi connectivity index (χ2v) is 7.51. The molecule has 0 aliphatic carbocycles. The van der Waals surface area contributed by atoms with E-state index in [0.717, 1.165) is 17.7 Å². The molecule has 2 aromatic carbocycles. The van der Waals surface area contributed by atoms with E-state index in [1.54, 1.807) is 6.92 Å². The lowest BCUT2D eigenvalue weighted by Crippen LogP contribution is -2.55. The first kappa shape index (κ1) is 15.8. The molecule has 0 saturated heterocycles. The standard InChI is InChI=1S/C21H25NO/c1-15-10-9-13-18-19(15)22(16(2)23)20(3,4)14-21(18,5)17-11-7-6-8-12-17/h6-13H,14H2,1-5H3. The summed E-state index contributed by atoms with van der Waals surface area (Å²) >= 11 is 0. The molecular weight excluding hydrogens is 282 g/mol. The van der Waals surface area contributed by atoms with Gasteiger partial charge in [-0.05, 0) is 43.9 Å². The minimum atomic E-state index is -0.227. The molecule has 0 radical (unpaired) electrons. The molecule has 0 N–H and O–H groups in total. The molecule has 2 heteroatoms. The van der Waals surface area contributed by atoms with Crippen molar-refractivity contribution in [3.8, 4) is 0 Å². The Morgan fingerprint density at radius 1 is 1.00 bits per heavy atom. The van der Waals surface area contributed by atoms with Gasteiger partial charge < -0.3 is 4.90 Å². The van der Waals surface area contributed by atoms with Gasteiger partial charge in [-0.3, -0.25) is 4.79 Å². The summed E-state index contributed by atoms with van der Waals surface area (Å²) in [6, 6.07) is 17.0. The lowest BCUT2D eigenvalue weighted by atomic mass is 9.65. The quantitative estimate of drug-likeness (QED) is 0.738. The number of rotatable bonds is 1. The van der Waals surface area contributed by atoms with Crippen LogP contribution in [0.2, 0.25) is 0 Å². The van der Waals surface area contributed by atoms with E-state index in [4.69, 9.17) is 0 Å². The Morgan fingerprint density at radius 2 is 1.65 bits per heavy atom. The predicted octanol–water partition coefficient (Wildman–Crippen LogP) is 4.84. The molecule has 0 aromatic heterocycles. The number of amides is 1. The molecule has 2 aromatic rings. The van der Waals surface area contributed by atoms with Crippen LogP contribution in [0.25, 0.3) is 0 Å². The molecule has 120 valence electrons. The fraction of sp³-hybridized carbons (Fsp3) is 0.381. The van der Waals surface area contributed by atoms with Crippen molar-refractivity contribution >= 4 is 11.6 Å². The smallest absolute Gasteiger partial charge is 0.224 e. The van der Waals surface area contributed by atoms with Crippen LogP contribution in [0.1, 0.15) is 50.8 Å². The molecule has 0 fully saturated rings. The number of nitrogens with zero attached hydrogens (tertiary/aromatic N) is 1. The molecule has 2 nitrogen and oxygen atoms in total. The maximum atomic E-state index is 12.4. The summed E-state index contributed by atoms with van der Waals surface area (Å²) in [4.78, 5) is 14.4. The van der Waals surface area contributed by atoms with Crippen LogP contribution in [-0.4, -0.2) is 11.4 Å². The minimum Gasteiger partial charge on any atom is -0.307 e. The SMILES string of the molecule is CC(=O)N1c2c(C)cccc2C(C)(c2ccccc2)CC1(C)C. The van der Waals surface area contributed by atoms with Crippen molar-refractivity contribution in [2.75, 3.05) is 4.90 Å². The third-order valence-corrected chi connectivity index (χ3v) is 5.17. The Labute approximate surface area is 139 Å². The molecule has 1 aliphatic rings. The first-order valence-corrected chi connectivity index (χ1v) is 8.24. The van der Waals surface area contributed by atoms with Gasteiger partial charge in [-0.1, -0.05) is 55.5 Å². The lowest BCUT2D eigenvalue weighted by molar-refractivity contribution is -0.117. The van der Waals surface area contributed by atoms with Gasteiger partial charge in [0.1, 0.15) is 0 Å². The molecule has 1 atom stereocenters. The maximum Gasteiger partial charge on any atom is 0.224 e. The molecule has 1 heterocycles. The average Bonchev–Trinajstić information content (AvgIpc) is 2.48. The predicted molar refractivity (Wildman–Crippen MR) is 95.9 cm³/mol. The number of aryl methyl sites for hydroxylation is 1. The largest absolute Gasteiger partial charge is 0.307 e. The Hall–Kier alpha value is -2.09. The van der Waals surface area contributed by atoms with Crippen LogP contribution < -0.4 is 4.90 Å². The van der Waals surface area contributed by atoms with Crippen LogP contribution in [0, 0.1) is 6.92 Å². The molecule has 1 amide bonds. The highest BCUT2D eigenvalue weighted by Gasteiger charge is 2.47. The maximum absolute atomic E-state index is 12.4. The van der Waals surface area contributed by atoms with Gasteiger partial charge in [-0.25, -0.2) is 0 Å². The zero-order valence-corrected chi connectivity index (χ0v) is 14.7. The number of hydrogen-bond acceptors (Lipinski definition) is 1. The minimum absolute atomic E-state index is 0.0991. The molecule has 23 heavy (non-hydrogen) atoms. The van der Waals surface area contributed by atoms with E-state index in [-0.39, 0.29) is 16.9 Å². The zero-order valence-electron chi connectivity index (χ0n) is 14.7. The summed E-state index contributed by atoms with van der Waals surface area (Å²) < 4.78 is 0. The third-order valence-electron chi connectivity index (χ3n) is 5.17. The van der Waals surface area contributed by atoms with Crippen molar-refractivity contribution in [2.24, 2.45) is 0 Å². The summed E-state index contributed by atoms with van der Waals surface area (Å²) in [5, 5.41) is 0. The van der Waals surface area contributed by atoms with Gasteiger partial charge in [0.2, 0.25) is 5.91 Å². The number of fused-ring (bicyclic) bond motifs is 1. The lowest BCUT2D eigenvalue weighted by Gasteiger charge is -2.51. The van der Waals surface area contributed by atoms with Crippen LogP contribution in [-0.2, 0) is 10.2 Å². The number of para-hydroxylation sites is 1. The first-order valence-electron chi connectivity index (χ1n) is 8.24. The van der Waals surface area contributed by atoms with E-state index >= 15 is 0 Å². The fourth-order valence-electron chi connectivity index (χ4n) is 4.39. The molecular formula is C21H25NO. The molecule has 0 saturated carbocycles. The van der Waals surface area contributed by atoms with E-state index in [1.807, 2.05) is 4.90 Å². The molecule has 1 aliphatic heterocycles. The fourth-order valence-corrected chi connectivity index (χ4v) is 4.39. The van der Waals surface area contributed by atoms with Gasteiger partial charge in [0, 0.05) is 17.9 Å². The van der Waals surface area contributed by atoms with Crippen molar-refractivity contribution in [3.05, 3.63) is 65.2 Å². The van der Waals surface area contributed by atoms with E-state index in [9.17, 15) is 4.79 Å². The van der Waals surface area contributed by atoms with Gasteiger partial charge >= 0.3 is 0 Å². The highest BCUT2D eigenvalue weighted by atomic mass is 16.2. The van der Waals surface area contributed by atoms with Crippen LogP contribution in [0.4, 0.5) is 5.69 Å². The van der Waals surface area contributed by atoms with Crippen LogP contribution in [0.15, 0.2) is 48.5 Å². The van der Waals surface area contributed by atoms with Crippen LogP contribution in [0.5, 0.6) is 0 Å². The average molecular weight is 307 g/mol. The van der Waals surface area contributed by atoms with Crippen LogP contribution >= 0.6 is 0 Å². The summed E-state index contributed by atoms with van der Waals surface area (Å²) in [5.74, 6) is 0.112. The molecule has 0 spiro atoms. The van der Waals surface area contributed by atoms with Gasteiger partial charge in [-0.15, -0.1) is 0 Å². The van der Waals surface area contributed by atoms with Crippen molar-refractivity contribution in [1.82, 2.24) is 0 Å². The first-order chi connectivity index (χ1) is 10.8. The number of anilines is 1. The number of hydrogen-bond donors (Lipinski definition) is 0. The van der Waals surface area contributed by atoms with Crippen molar-refractivity contribution in [1.29, 1.82) is 0 Å². The summed E-state index contributed by atoms with van der Waals surface area (Å²) in [5.41, 5.74) is 4.48. The second kappa shape index (κ2) is 5.23. The van der Waals surface area contributed by atoms with Crippen LogP contribution in [0.3, 0.4) is 0 Å². The van der Waals surface area contributed by atoms with Gasteiger partial charge in [0.15, 0.2) is 0 Å². The summed E-state index contributed by atoms with van der Waals surface area (Å²) in [6.07, 6.45) is 0.903. The number of benzene rings is 2. The van der Waals surface area contributed by atoms with E-state index in [2.05, 4.69) is 76.2 Å². The van der Waals surface area contributed by atoms with Crippen molar-refractivity contribution in [2.45, 2.75) is 52.0 Å². The number of carbonyl (C=O) groups is 1. The topological polar surface area (TPSA) is 20.3 Å². The Kier molecular flexibility index (Phi) is 3.59. The Balaban J connectivity index is 2.32. The molecule has 3 rings (SSSR count). The number of carbonyl (C=O) groups excluding carboxylic acids is 1. The van der Waals surface area contributed by atoms with E-state index in [0.29, 0.717) is 0 Å². The van der Waals surface area contributed by atoms with Gasteiger partial charge in [0.05, 0.1) is 5.69 Å². The van der Waals surface area contributed by atoms with Crippen molar-refractivity contribution < 1.29 is 4.79 Å². The van der Waals surface area contributed by atoms with Gasteiger partial charge in [-0.2, -0.15) is 0 Å². The normalized spacial score (nSPS) is 22.6. The zero-order chi connectivity index (χ0) is 16.8. The monoisotopic (exact) mass is 307 g/mol. The highest BCUT2D eigenvalue weighted by molar-refractivity contribution is 5.96.